The SMILES string of the molecule is CCNC(=O)c1ccc(N)c(NCCn2cccn2)c1. The van der Waals surface area contributed by atoms with Crippen LogP contribution in [0.5, 0.6) is 0 Å². The van der Waals surface area contributed by atoms with Crippen molar-refractivity contribution in [2.45, 2.75) is 13.5 Å². The van der Waals surface area contributed by atoms with Gasteiger partial charge in [-0.15, -0.1) is 0 Å². The van der Waals surface area contributed by atoms with Crippen LogP contribution in [-0.4, -0.2) is 28.8 Å². The topological polar surface area (TPSA) is 85.0 Å². The van der Waals surface area contributed by atoms with Crippen LogP contribution in [0.2, 0.25) is 0 Å². The van der Waals surface area contributed by atoms with Crippen LogP contribution in [0.15, 0.2) is 36.7 Å². The predicted octanol–water partition coefficient (Wildman–Crippen LogP) is 1.33. The second-order valence-electron chi connectivity index (χ2n) is 4.36. The first-order chi connectivity index (χ1) is 9.70. The Bertz CT molecular complexity index is 565. The Hall–Kier alpha value is -2.50. The molecule has 0 unspecified atom stereocenters. The zero-order valence-corrected chi connectivity index (χ0v) is 11.5. The van der Waals surface area contributed by atoms with E-state index in [-0.39, 0.29) is 5.91 Å². The molecule has 1 aromatic carbocycles. The van der Waals surface area contributed by atoms with E-state index in [2.05, 4.69) is 15.7 Å². The summed E-state index contributed by atoms with van der Waals surface area (Å²) in [5.74, 6) is -0.0948. The molecule has 1 amide bonds. The van der Waals surface area contributed by atoms with Gasteiger partial charge in [0.25, 0.3) is 5.91 Å². The molecule has 2 rings (SSSR count). The fourth-order valence-corrected chi connectivity index (χ4v) is 1.85. The number of nitrogens with two attached hydrogens (primary N) is 1. The van der Waals surface area contributed by atoms with Crippen LogP contribution in [-0.2, 0) is 6.54 Å². The number of carbonyl (C=O) groups excluding carboxylic acids is 1. The Morgan fingerprint density at radius 2 is 2.30 bits per heavy atom. The first kappa shape index (κ1) is 13.9. The average Bonchev–Trinajstić information content (AvgIpc) is 2.94. The highest BCUT2D eigenvalue weighted by molar-refractivity contribution is 5.96. The molecule has 0 spiro atoms. The number of carbonyl (C=O) groups is 1. The first-order valence-corrected chi connectivity index (χ1v) is 6.59. The number of aromatic nitrogens is 2. The van der Waals surface area contributed by atoms with E-state index in [9.17, 15) is 4.79 Å². The highest BCUT2D eigenvalue weighted by atomic mass is 16.1. The molecule has 1 aromatic heterocycles. The minimum absolute atomic E-state index is 0.0948. The number of amides is 1. The number of anilines is 2. The molecule has 0 aliphatic carbocycles. The number of hydrogen-bond donors (Lipinski definition) is 3. The van der Waals surface area contributed by atoms with Crippen molar-refractivity contribution < 1.29 is 4.79 Å². The van der Waals surface area contributed by atoms with Gasteiger partial charge in [0.1, 0.15) is 0 Å². The molecule has 1 heterocycles. The average molecular weight is 273 g/mol. The van der Waals surface area contributed by atoms with Crippen LogP contribution in [0.3, 0.4) is 0 Å². The molecule has 0 saturated carbocycles. The molecule has 0 aliphatic heterocycles. The van der Waals surface area contributed by atoms with Crippen molar-refractivity contribution in [2.75, 3.05) is 24.1 Å². The maximum Gasteiger partial charge on any atom is 0.251 e. The van der Waals surface area contributed by atoms with Gasteiger partial charge in [-0.25, -0.2) is 0 Å². The standard InChI is InChI=1S/C14H19N5O/c1-2-16-14(20)11-4-5-12(15)13(10-11)17-7-9-19-8-3-6-18-19/h3-6,8,10,17H,2,7,9,15H2,1H3,(H,16,20). The molecule has 0 saturated heterocycles. The summed E-state index contributed by atoms with van der Waals surface area (Å²) in [5.41, 5.74) is 7.89. The molecule has 6 heteroatoms. The van der Waals surface area contributed by atoms with Gasteiger partial charge in [0, 0.05) is 31.0 Å². The van der Waals surface area contributed by atoms with Crippen LogP contribution in [0.1, 0.15) is 17.3 Å². The van der Waals surface area contributed by atoms with Gasteiger partial charge >= 0.3 is 0 Å². The Balaban J connectivity index is 1.99. The van der Waals surface area contributed by atoms with Crippen molar-refractivity contribution in [3.05, 3.63) is 42.2 Å². The van der Waals surface area contributed by atoms with Crippen molar-refractivity contribution >= 4 is 17.3 Å². The number of nitrogens with zero attached hydrogens (tertiary/aromatic N) is 2. The summed E-state index contributed by atoms with van der Waals surface area (Å²) in [5, 5.41) is 10.1. The Morgan fingerprint density at radius 3 is 3.00 bits per heavy atom. The summed E-state index contributed by atoms with van der Waals surface area (Å²) in [6, 6.07) is 7.10. The molecule has 0 aliphatic rings. The van der Waals surface area contributed by atoms with Gasteiger partial charge in [-0.05, 0) is 31.2 Å². The molecule has 2 aromatic rings. The fourth-order valence-electron chi connectivity index (χ4n) is 1.85. The minimum Gasteiger partial charge on any atom is -0.397 e. The predicted molar refractivity (Wildman–Crippen MR) is 79.6 cm³/mol. The summed E-state index contributed by atoms with van der Waals surface area (Å²) < 4.78 is 1.83. The van der Waals surface area contributed by atoms with E-state index in [1.54, 1.807) is 24.4 Å². The van der Waals surface area contributed by atoms with Gasteiger partial charge in [0.15, 0.2) is 0 Å². The lowest BCUT2D eigenvalue weighted by atomic mass is 10.1. The first-order valence-electron chi connectivity index (χ1n) is 6.59. The van der Waals surface area contributed by atoms with E-state index in [1.165, 1.54) is 0 Å². The van der Waals surface area contributed by atoms with Crippen LogP contribution < -0.4 is 16.4 Å². The highest BCUT2D eigenvalue weighted by Gasteiger charge is 2.07. The number of hydrogen-bond acceptors (Lipinski definition) is 4. The largest absolute Gasteiger partial charge is 0.397 e. The summed E-state index contributed by atoms with van der Waals surface area (Å²) in [6.07, 6.45) is 3.64. The molecule has 20 heavy (non-hydrogen) atoms. The lowest BCUT2D eigenvalue weighted by Crippen LogP contribution is -2.23. The monoisotopic (exact) mass is 273 g/mol. The van der Waals surface area contributed by atoms with E-state index < -0.39 is 0 Å². The third-order valence-corrected chi connectivity index (χ3v) is 2.87. The van der Waals surface area contributed by atoms with Crippen molar-refractivity contribution in [2.24, 2.45) is 0 Å². The Morgan fingerprint density at radius 1 is 1.45 bits per heavy atom. The fraction of sp³-hybridized carbons (Fsp3) is 0.286. The van der Waals surface area contributed by atoms with E-state index in [0.29, 0.717) is 24.3 Å². The number of nitrogens with one attached hydrogen (secondary N) is 2. The highest BCUT2D eigenvalue weighted by Crippen LogP contribution is 2.19. The summed E-state index contributed by atoms with van der Waals surface area (Å²) in [6.45, 7) is 3.91. The van der Waals surface area contributed by atoms with Crippen molar-refractivity contribution in [1.29, 1.82) is 0 Å². The lowest BCUT2D eigenvalue weighted by Gasteiger charge is -2.11. The van der Waals surface area contributed by atoms with Gasteiger partial charge in [0.2, 0.25) is 0 Å². The van der Waals surface area contributed by atoms with Gasteiger partial charge in [-0.3, -0.25) is 9.48 Å². The Labute approximate surface area is 118 Å². The molecular weight excluding hydrogens is 254 g/mol. The van der Waals surface area contributed by atoms with E-state index in [4.69, 9.17) is 5.73 Å². The second kappa shape index (κ2) is 6.60. The molecule has 4 N–H and O–H groups in total. The molecule has 0 fully saturated rings. The van der Waals surface area contributed by atoms with Gasteiger partial charge < -0.3 is 16.4 Å². The normalized spacial score (nSPS) is 10.2. The zero-order valence-electron chi connectivity index (χ0n) is 11.5. The lowest BCUT2D eigenvalue weighted by molar-refractivity contribution is 0.0956. The van der Waals surface area contributed by atoms with Crippen molar-refractivity contribution in [3.63, 3.8) is 0 Å². The maximum absolute atomic E-state index is 11.8. The summed E-state index contributed by atoms with van der Waals surface area (Å²) in [7, 11) is 0. The van der Waals surface area contributed by atoms with Crippen LogP contribution in [0.4, 0.5) is 11.4 Å². The number of benzene rings is 1. The third-order valence-electron chi connectivity index (χ3n) is 2.87. The van der Waals surface area contributed by atoms with Crippen LogP contribution >= 0.6 is 0 Å². The van der Waals surface area contributed by atoms with Gasteiger partial charge in [-0.1, -0.05) is 0 Å². The molecule has 0 bridgehead atoms. The zero-order chi connectivity index (χ0) is 14.4. The van der Waals surface area contributed by atoms with Crippen LogP contribution in [0, 0.1) is 0 Å². The maximum atomic E-state index is 11.8. The van der Waals surface area contributed by atoms with Gasteiger partial charge in [-0.2, -0.15) is 5.10 Å². The van der Waals surface area contributed by atoms with Crippen LogP contribution in [0.25, 0.3) is 0 Å². The molecular formula is C14H19N5O. The number of nitrogen functional groups attached to an aromatic ring is 1. The van der Waals surface area contributed by atoms with Crippen molar-refractivity contribution in [1.82, 2.24) is 15.1 Å². The van der Waals surface area contributed by atoms with Crippen molar-refractivity contribution in [3.8, 4) is 0 Å². The smallest absolute Gasteiger partial charge is 0.251 e. The number of rotatable bonds is 6. The summed E-state index contributed by atoms with van der Waals surface area (Å²) in [4.78, 5) is 11.8. The van der Waals surface area contributed by atoms with E-state index in [1.807, 2.05) is 23.9 Å². The third kappa shape index (κ3) is 3.50. The minimum atomic E-state index is -0.0948. The van der Waals surface area contributed by atoms with E-state index in [0.717, 1.165) is 12.2 Å². The molecule has 6 nitrogen and oxygen atoms in total. The van der Waals surface area contributed by atoms with E-state index >= 15 is 0 Å². The Kier molecular flexibility index (Phi) is 4.60. The molecule has 0 atom stereocenters. The second-order valence-corrected chi connectivity index (χ2v) is 4.36. The molecule has 106 valence electrons. The van der Waals surface area contributed by atoms with Gasteiger partial charge in [0.05, 0.1) is 17.9 Å². The quantitative estimate of drug-likeness (QED) is 0.693. The molecule has 0 radical (unpaired) electrons. The summed E-state index contributed by atoms with van der Waals surface area (Å²) >= 11 is 0.